The molecule has 0 aromatic heterocycles. The minimum Gasteiger partial charge on any atom is -0.548 e. The van der Waals surface area contributed by atoms with Gasteiger partial charge in [-0.3, -0.25) is 4.79 Å². The van der Waals surface area contributed by atoms with Gasteiger partial charge in [-0.05, 0) is 31.6 Å². The summed E-state index contributed by atoms with van der Waals surface area (Å²) in [5.41, 5.74) is -2.54. The van der Waals surface area contributed by atoms with Gasteiger partial charge >= 0.3 is 0 Å². The maximum absolute atomic E-state index is 11.8. The number of nitrogens with one attached hydrogen (secondary N) is 1. The monoisotopic (exact) mass is 342 g/mol. The highest BCUT2D eigenvalue weighted by Gasteiger charge is 2.23. The van der Waals surface area contributed by atoms with Crippen LogP contribution in [-0.2, 0) is 30.4 Å². The smallest absolute Gasteiger partial charge is 0.247 e. The number of hydrogen-bond donors (Lipinski definition) is 1. The maximum Gasteiger partial charge on any atom is 0.247 e. The molecule has 0 aromatic carbocycles. The fraction of sp³-hybridized carbons (Fsp3) is 0.818. The highest BCUT2D eigenvalue weighted by Crippen LogP contribution is 2.60. The highest BCUT2D eigenvalue weighted by atomic mass is 32.9. The van der Waals surface area contributed by atoms with Crippen molar-refractivity contribution in [3.63, 3.8) is 0 Å². The first-order chi connectivity index (χ1) is 9.25. The Hall–Kier alpha value is -0.140. The Morgan fingerprint density at radius 2 is 1.80 bits per heavy atom. The molecule has 1 atom stereocenters. The summed E-state index contributed by atoms with van der Waals surface area (Å²) in [5, 5.41) is 13.3. The van der Waals surface area contributed by atoms with Crippen molar-refractivity contribution in [3.8, 4) is 0 Å². The molecule has 1 N–H and O–H groups in total. The van der Waals surface area contributed by atoms with Crippen molar-refractivity contribution in [3.05, 3.63) is 0 Å². The third-order valence-corrected chi connectivity index (χ3v) is 7.57. The van der Waals surface area contributed by atoms with Gasteiger partial charge in [0.1, 0.15) is 0 Å². The van der Waals surface area contributed by atoms with E-state index in [1.54, 1.807) is 27.7 Å². The zero-order valence-corrected chi connectivity index (χ0v) is 14.6. The lowest BCUT2D eigenvalue weighted by atomic mass is 10.1. The van der Waals surface area contributed by atoms with E-state index in [4.69, 9.17) is 20.9 Å². The lowest BCUT2D eigenvalue weighted by Crippen LogP contribution is -2.51. The number of amides is 1. The Labute approximate surface area is 128 Å². The molecule has 6 nitrogen and oxygen atoms in total. The molecule has 0 aromatic rings. The summed E-state index contributed by atoms with van der Waals surface area (Å²) >= 11 is 6.36. The molecule has 118 valence electrons. The van der Waals surface area contributed by atoms with Gasteiger partial charge in [0, 0.05) is 0 Å². The fourth-order valence-corrected chi connectivity index (χ4v) is 5.51. The first-order valence-corrected chi connectivity index (χ1v) is 10.5. The standard InChI is InChI=1S/C11H22NO5PS2/c1-5-16-18(19,17-6-2)20-7-9(13)12-10(8(3)4)11(14)15/h8,10H,5-7H2,1-4H3,(H,12,13)(H,14,15)/p-1/t10-/m1/s1. The quantitative estimate of drug-likeness (QED) is 0.590. The molecule has 20 heavy (non-hydrogen) atoms. The zero-order valence-electron chi connectivity index (χ0n) is 12.1. The number of carbonyl (C=O) groups excluding carboxylic acids is 2. The molecular weight excluding hydrogens is 321 g/mol. The van der Waals surface area contributed by atoms with Gasteiger partial charge in [-0.1, -0.05) is 25.2 Å². The van der Waals surface area contributed by atoms with Crippen molar-refractivity contribution >= 4 is 40.8 Å². The molecule has 0 saturated carbocycles. The van der Waals surface area contributed by atoms with Crippen LogP contribution in [0.2, 0.25) is 0 Å². The van der Waals surface area contributed by atoms with Crippen LogP contribution >= 0.6 is 17.1 Å². The zero-order chi connectivity index (χ0) is 15.8. The average Bonchev–Trinajstić information content (AvgIpc) is 2.33. The van der Waals surface area contributed by atoms with Gasteiger partial charge in [0.2, 0.25) is 11.6 Å². The molecule has 0 spiro atoms. The molecule has 0 fully saturated rings. The van der Waals surface area contributed by atoms with Gasteiger partial charge in [0.05, 0.1) is 31.0 Å². The largest absolute Gasteiger partial charge is 0.548 e. The lowest BCUT2D eigenvalue weighted by Gasteiger charge is -2.24. The fourth-order valence-electron chi connectivity index (χ4n) is 1.28. The summed E-state index contributed by atoms with van der Waals surface area (Å²) < 4.78 is 10.8. The normalized spacial score (nSPS) is 13.2. The summed E-state index contributed by atoms with van der Waals surface area (Å²) in [4.78, 5) is 22.6. The number of carboxylic acids is 1. The van der Waals surface area contributed by atoms with Crippen molar-refractivity contribution in [2.75, 3.05) is 19.0 Å². The van der Waals surface area contributed by atoms with Crippen molar-refractivity contribution in [1.82, 2.24) is 5.32 Å². The van der Waals surface area contributed by atoms with Crippen LogP contribution in [0.25, 0.3) is 0 Å². The Morgan fingerprint density at radius 1 is 1.30 bits per heavy atom. The van der Waals surface area contributed by atoms with Gasteiger partial charge < -0.3 is 24.3 Å². The van der Waals surface area contributed by atoms with Gasteiger partial charge in [0.15, 0.2) is 0 Å². The number of carbonyl (C=O) groups is 2. The van der Waals surface area contributed by atoms with Crippen LogP contribution in [0.4, 0.5) is 0 Å². The molecular formula is C11H21NO5PS2-. The SMILES string of the molecule is CCOP(=S)(OCC)SCC(=O)N[C@@H](C(=O)[O-])C(C)C. The van der Waals surface area contributed by atoms with E-state index in [-0.39, 0.29) is 11.7 Å². The minimum absolute atomic E-state index is 0.00617. The van der Waals surface area contributed by atoms with Crippen LogP contribution < -0.4 is 10.4 Å². The molecule has 0 aliphatic rings. The first-order valence-electron chi connectivity index (χ1n) is 6.29. The molecule has 0 unspecified atom stereocenters. The second kappa shape index (κ2) is 9.73. The molecule has 0 saturated heterocycles. The summed E-state index contributed by atoms with van der Waals surface area (Å²) in [6, 6.07) is -1.01. The Kier molecular flexibility index (Phi) is 9.67. The molecule has 0 aliphatic carbocycles. The minimum atomic E-state index is -2.54. The summed E-state index contributed by atoms with van der Waals surface area (Å²) in [6.45, 7) is 7.79. The summed E-state index contributed by atoms with van der Waals surface area (Å²) in [6.07, 6.45) is 0. The number of hydrogen-bond acceptors (Lipinski definition) is 7. The van der Waals surface area contributed by atoms with Crippen molar-refractivity contribution < 1.29 is 23.7 Å². The highest BCUT2D eigenvalue weighted by molar-refractivity contribution is 8.68. The van der Waals surface area contributed by atoms with Crippen LogP contribution in [0.1, 0.15) is 27.7 Å². The second-order valence-corrected chi connectivity index (χ2v) is 10.5. The van der Waals surface area contributed by atoms with Gasteiger partial charge in [-0.2, -0.15) is 0 Å². The van der Waals surface area contributed by atoms with Crippen LogP contribution in [0, 0.1) is 5.92 Å². The topological polar surface area (TPSA) is 87.7 Å². The van der Waals surface area contributed by atoms with Gasteiger partial charge in [-0.15, -0.1) is 0 Å². The van der Waals surface area contributed by atoms with E-state index in [2.05, 4.69) is 5.32 Å². The van der Waals surface area contributed by atoms with Crippen LogP contribution in [0.15, 0.2) is 0 Å². The van der Waals surface area contributed by atoms with E-state index in [0.717, 1.165) is 11.4 Å². The molecule has 0 heterocycles. The van der Waals surface area contributed by atoms with Gasteiger partial charge in [-0.25, -0.2) is 0 Å². The predicted octanol–water partition coefficient (Wildman–Crippen LogP) is 0.908. The average molecular weight is 342 g/mol. The number of carboxylic acid groups (broad SMARTS) is 1. The van der Waals surface area contributed by atoms with Crippen LogP contribution in [0.5, 0.6) is 0 Å². The van der Waals surface area contributed by atoms with Gasteiger partial charge in [0.25, 0.3) is 0 Å². The van der Waals surface area contributed by atoms with Crippen molar-refractivity contribution in [1.29, 1.82) is 0 Å². The molecule has 0 aliphatic heterocycles. The first kappa shape index (κ1) is 19.9. The number of rotatable bonds is 10. The predicted molar refractivity (Wildman–Crippen MR) is 81.8 cm³/mol. The second-order valence-electron chi connectivity index (χ2n) is 4.16. The molecule has 0 rings (SSSR count). The summed E-state index contributed by atoms with van der Waals surface area (Å²) in [7, 11) is 0. The van der Waals surface area contributed by atoms with E-state index in [0.29, 0.717) is 13.2 Å². The molecule has 0 radical (unpaired) electrons. The van der Waals surface area contributed by atoms with E-state index in [1.807, 2.05) is 0 Å². The molecule has 9 heteroatoms. The van der Waals surface area contributed by atoms with Crippen LogP contribution in [-0.4, -0.2) is 36.9 Å². The van der Waals surface area contributed by atoms with Crippen LogP contribution in [0.3, 0.4) is 0 Å². The Bertz CT molecular complexity index is 368. The number of aliphatic carboxylic acids is 1. The third kappa shape index (κ3) is 7.59. The third-order valence-electron chi connectivity index (χ3n) is 2.17. The Morgan fingerprint density at radius 3 is 2.15 bits per heavy atom. The van der Waals surface area contributed by atoms with Crippen molar-refractivity contribution in [2.24, 2.45) is 5.92 Å². The summed E-state index contributed by atoms with van der Waals surface area (Å²) in [5.74, 6) is -1.98. The Balaban J connectivity index is 4.46. The van der Waals surface area contributed by atoms with E-state index >= 15 is 0 Å². The van der Waals surface area contributed by atoms with Crippen molar-refractivity contribution in [2.45, 2.75) is 33.7 Å². The molecule has 1 amide bonds. The van der Waals surface area contributed by atoms with E-state index in [9.17, 15) is 14.7 Å². The lowest BCUT2D eigenvalue weighted by molar-refractivity contribution is -0.309. The maximum atomic E-state index is 11.8. The molecule has 0 bridgehead atoms. The van der Waals surface area contributed by atoms with E-state index in [1.165, 1.54) is 0 Å². The van der Waals surface area contributed by atoms with E-state index < -0.39 is 23.6 Å².